The molecule has 8 nitrogen and oxygen atoms in total. The first-order chi connectivity index (χ1) is 9.08. The van der Waals surface area contributed by atoms with Crippen LogP contribution in [0.3, 0.4) is 0 Å². The van der Waals surface area contributed by atoms with Crippen molar-refractivity contribution in [2.45, 2.75) is 0 Å². The Bertz CT molecular complexity index is 415. The fraction of sp³-hybridized carbons (Fsp3) is 0. The Hall–Kier alpha value is -2.63. The van der Waals surface area contributed by atoms with Crippen molar-refractivity contribution in [3.05, 3.63) is 0 Å². The minimum Gasteiger partial charge on any atom is -0.472 e. The molecular weight excluding hydrogens is 478 g/mol. The monoisotopic (exact) mass is 486 g/mol. The minimum absolute atomic E-state index is 0. The second-order valence-corrected chi connectivity index (χ2v) is 1.80. The van der Waals surface area contributed by atoms with Crippen molar-refractivity contribution in [2.24, 2.45) is 0 Å². The van der Waals surface area contributed by atoms with E-state index in [1.54, 1.807) is 0 Å². The van der Waals surface area contributed by atoms with Gasteiger partial charge in [0.15, 0.2) is 0 Å². The summed E-state index contributed by atoms with van der Waals surface area (Å²) in [6, 6.07) is 0. The first-order valence-electron chi connectivity index (χ1n) is 3.87. The summed E-state index contributed by atoms with van der Waals surface area (Å²) in [4.78, 5) is 36.5. The van der Waals surface area contributed by atoms with Crippen LogP contribution in [0.4, 0.5) is 0 Å². The molecule has 22 heavy (non-hydrogen) atoms. The largest absolute Gasteiger partial charge is 0.472 e. The molecule has 0 aromatic rings. The van der Waals surface area contributed by atoms with Gasteiger partial charge in [-0.05, 0) is 0 Å². The number of carbonyl (C=O) groups is 4. The van der Waals surface area contributed by atoms with E-state index in [9.17, 15) is 0 Å². The van der Waals surface area contributed by atoms with Crippen LogP contribution >= 0.6 is 0 Å². The average Bonchev–Trinajstić information content (AvgIpc) is 2.40. The van der Waals surface area contributed by atoms with E-state index < -0.39 is 23.9 Å². The third-order valence-corrected chi connectivity index (χ3v) is 0.494. The van der Waals surface area contributed by atoms with Crippen LogP contribution in [0.25, 0.3) is 0 Å². The van der Waals surface area contributed by atoms with Crippen LogP contribution in [-0.2, 0) is 58.1 Å². The molecule has 0 atom stereocenters. The second kappa shape index (κ2) is 31.0. The summed E-state index contributed by atoms with van der Waals surface area (Å²) in [6.07, 6.45) is 17.3. The molecule has 0 aromatic heterocycles. The zero-order valence-corrected chi connectivity index (χ0v) is 13.7. The summed E-state index contributed by atoms with van der Waals surface area (Å²) in [5.41, 5.74) is 0. The molecular formula is C12H8O8Rh2. The number of hydrogen-bond acceptors (Lipinski definition) is 4. The fourth-order valence-corrected chi connectivity index (χ4v) is 0. The Morgan fingerprint density at radius 1 is 0.500 bits per heavy atom. The molecule has 0 spiro atoms. The Kier molecular flexibility index (Phi) is 51.5. The van der Waals surface area contributed by atoms with Gasteiger partial charge in [-0.1, -0.05) is 0 Å². The van der Waals surface area contributed by atoms with E-state index in [1.807, 2.05) is 0 Å². The van der Waals surface area contributed by atoms with Crippen LogP contribution in [0.5, 0.6) is 0 Å². The predicted molar refractivity (Wildman–Crippen MR) is 65.9 cm³/mol. The Morgan fingerprint density at radius 3 is 0.545 bits per heavy atom. The molecule has 0 unspecified atom stereocenters. The normalized spacial score (nSPS) is 4.91. The molecule has 0 aliphatic heterocycles. The van der Waals surface area contributed by atoms with Gasteiger partial charge in [0.05, 0.1) is 0 Å². The minimum atomic E-state index is -1.22. The SMILES string of the molecule is C#CC(=O)O.C#CC(=O)O.C#CC(=O)O.C#CC(=O)O.[Rh].[Rh]. The zero-order chi connectivity index (χ0) is 17.1. The molecule has 0 bridgehead atoms. The van der Waals surface area contributed by atoms with Gasteiger partial charge in [0.1, 0.15) is 0 Å². The number of rotatable bonds is 0. The van der Waals surface area contributed by atoms with Crippen LogP contribution in [0, 0.1) is 49.4 Å². The Morgan fingerprint density at radius 2 is 0.545 bits per heavy atom. The summed E-state index contributed by atoms with van der Waals surface area (Å²) in [6.45, 7) is 0. The number of hydrogen-bond donors (Lipinski definition) is 4. The molecule has 122 valence electrons. The standard InChI is InChI=1S/4C3H2O2.2Rh/c4*1-2-3(4)5;;/h4*1H,(H,4,5);;. The number of terminal acetylenes is 4. The Balaban J connectivity index is -0.0000000376. The van der Waals surface area contributed by atoms with Gasteiger partial charge < -0.3 is 20.4 Å². The van der Waals surface area contributed by atoms with Gasteiger partial charge in [0, 0.05) is 62.6 Å². The van der Waals surface area contributed by atoms with Gasteiger partial charge in [0.2, 0.25) is 0 Å². The molecule has 0 aromatic carbocycles. The summed E-state index contributed by atoms with van der Waals surface area (Å²) in [5.74, 6) is 0.907. The average molecular weight is 486 g/mol. The van der Waals surface area contributed by atoms with Crippen molar-refractivity contribution in [2.75, 3.05) is 0 Å². The molecule has 0 saturated heterocycles. The number of aliphatic carboxylic acids is 4. The molecule has 10 heteroatoms. The summed E-state index contributed by atoms with van der Waals surface area (Å²) >= 11 is 0. The maximum absolute atomic E-state index is 9.13. The Labute approximate surface area is 151 Å². The van der Waals surface area contributed by atoms with Crippen molar-refractivity contribution in [3.8, 4) is 49.4 Å². The van der Waals surface area contributed by atoms with Gasteiger partial charge in [-0.3, -0.25) is 0 Å². The van der Waals surface area contributed by atoms with Crippen LogP contribution in [0.15, 0.2) is 0 Å². The first kappa shape index (κ1) is 36.6. The van der Waals surface area contributed by atoms with Gasteiger partial charge >= 0.3 is 23.9 Å². The van der Waals surface area contributed by atoms with E-state index >= 15 is 0 Å². The number of carboxylic acids is 4. The quantitative estimate of drug-likeness (QED) is 0.247. The molecule has 0 rings (SSSR count). The molecule has 2 radical (unpaired) electrons. The second-order valence-electron chi connectivity index (χ2n) is 1.80. The van der Waals surface area contributed by atoms with Crippen LogP contribution in [0.2, 0.25) is 0 Å². The van der Waals surface area contributed by atoms with Crippen LogP contribution in [0.1, 0.15) is 0 Å². The molecule has 0 heterocycles. The summed E-state index contributed by atoms with van der Waals surface area (Å²) < 4.78 is 0. The fourth-order valence-electron chi connectivity index (χ4n) is 0. The topological polar surface area (TPSA) is 149 Å². The van der Waals surface area contributed by atoms with E-state index in [-0.39, 0.29) is 39.0 Å². The maximum atomic E-state index is 9.13. The smallest absolute Gasteiger partial charge is 0.381 e. The molecule has 0 aliphatic carbocycles. The maximum Gasteiger partial charge on any atom is 0.381 e. The van der Waals surface area contributed by atoms with Gasteiger partial charge in [-0.25, -0.2) is 19.2 Å². The third kappa shape index (κ3) is 162. The van der Waals surface area contributed by atoms with Crippen molar-refractivity contribution < 1.29 is 78.6 Å². The molecule has 0 saturated carbocycles. The molecule has 0 aliphatic rings. The predicted octanol–water partition coefficient (Wildman–Crippen LogP) is -1.19. The van der Waals surface area contributed by atoms with E-state index in [0.717, 1.165) is 0 Å². The van der Waals surface area contributed by atoms with Crippen molar-refractivity contribution in [1.29, 1.82) is 0 Å². The van der Waals surface area contributed by atoms with Gasteiger partial charge in [0.25, 0.3) is 0 Å². The molecule has 4 N–H and O–H groups in total. The number of carboxylic acid groups (broad SMARTS) is 4. The molecule has 0 amide bonds. The summed E-state index contributed by atoms with van der Waals surface area (Å²) in [5, 5.41) is 29.9. The van der Waals surface area contributed by atoms with E-state index in [4.69, 9.17) is 39.6 Å². The first-order valence-corrected chi connectivity index (χ1v) is 3.87. The van der Waals surface area contributed by atoms with Gasteiger partial charge in [-0.2, -0.15) is 0 Å². The van der Waals surface area contributed by atoms with Crippen molar-refractivity contribution in [3.63, 3.8) is 0 Å². The third-order valence-electron chi connectivity index (χ3n) is 0.494. The van der Waals surface area contributed by atoms with E-state index in [0.29, 0.717) is 0 Å². The van der Waals surface area contributed by atoms with Crippen LogP contribution < -0.4 is 0 Å². The van der Waals surface area contributed by atoms with Crippen molar-refractivity contribution >= 4 is 23.9 Å². The van der Waals surface area contributed by atoms with Crippen molar-refractivity contribution in [1.82, 2.24) is 0 Å². The zero-order valence-electron chi connectivity index (χ0n) is 10.4. The van der Waals surface area contributed by atoms with Crippen LogP contribution in [-0.4, -0.2) is 44.3 Å². The molecule has 0 fully saturated rings. The van der Waals surface area contributed by atoms with E-state index in [1.165, 1.54) is 23.7 Å². The summed E-state index contributed by atoms with van der Waals surface area (Å²) in [7, 11) is 0. The van der Waals surface area contributed by atoms with Gasteiger partial charge in [-0.15, -0.1) is 25.7 Å². The van der Waals surface area contributed by atoms with E-state index in [2.05, 4.69) is 25.7 Å².